The van der Waals surface area contributed by atoms with Crippen molar-refractivity contribution >= 4 is 0 Å². The molecule has 0 bridgehead atoms. The monoisotopic (exact) mass is 206 g/mol. The molecule has 0 aromatic carbocycles. The van der Waals surface area contributed by atoms with Gasteiger partial charge in [-0.05, 0) is 45.0 Å². The number of aliphatic hydroxyl groups excluding tert-OH is 1. The molecule has 1 aromatic rings. The van der Waals surface area contributed by atoms with Gasteiger partial charge >= 0.3 is 0 Å². The molecule has 0 saturated carbocycles. The van der Waals surface area contributed by atoms with Crippen LogP contribution in [0.4, 0.5) is 0 Å². The Morgan fingerprint density at radius 3 is 3.00 bits per heavy atom. The molecule has 1 atom stereocenters. The third-order valence-electron chi connectivity index (χ3n) is 3.51. The van der Waals surface area contributed by atoms with E-state index in [9.17, 15) is 5.11 Å². The molecule has 1 heterocycles. The SMILES string of the molecule is CN(C)C1(CO)CCCc2ncccc21. The summed E-state index contributed by atoms with van der Waals surface area (Å²) in [5.74, 6) is 0. The fourth-order valence-electron chi connectivity index (χ4n) is 2.51. The second-order valence-corrected chi connectivity index (χ2v) is 4.44. The zero-order chi connectivity index (χ0) is 10.9. The van der Waals surface area contributed by atoms with Crippen molar-refractivity contribution in [1.29, 1.82) is 0 Å². The molecule has 1 aliphatic rings. The van der Waals surface area contributed by atoms with Crippen molar-refractivity contribution in [2.75, 3.05) is 20.7 Å². The van der Waals surface area contributed by atoms with E-state index in [-0.39, 0.29) is 12.1 Å². The first-order chi connectivity index (χ1) is 7.20. The lowest BCUT2D eigenvalue weighted by molar-refractivity contribution is 0.0494. The first-order valence-electron chi connectivity index (χ1n) is 5.43. The van der Waals surface area contributed by atoms with Crippen molar-refractivity contribution < 1.29 is 5.11 Å². The molecule has 3 nitrogen and oxygen atoms in total. The normalized spacial score (nSPS) is 25.3. The summed E-state index contributed by atoms with van der Waals surface area (Å²) >= 11 is 0. The van der Waals surface area contributed by atoms with E-state index in [1.165, 1.54) is 5.56 Å². The lowest BCUT2D eigenvalue weighted by atomic mass is 9.78. The largest absolute Gasteiger partial charge is 0.394 e. The molecule has 2 rings (SSSR count). The Bertz CT molecular complexity index is 351. The van der Waals surface area contributed by atoms with Gasteiger partial charge in [0, 0.05) is 11.9 Å². The first-order valence-corrected chi connectivity index (χ1v) is 5.43. The van der Waals surface area contributed by atoms with Gasteiger partial charge in [0.15, 0.2) is 0 Å². The lowest BCUT2D eigenvalue weighted by Crippen LogP contribution is -2.47. The summed E-state index contributed by atoms with van der Waals surface area (Å²) in [4.78, 5) is 6.52. The summed E-state index contributed by atoms with van der Waals surface area (Å²) in [5, 5.41) is 9.69. The third-order valence-corrected chi connectivity index (χ3v) is 3.51. The predicted octanol–water partition coefficient (Wildman–Crippen LogP) is 1.17. The highest BCUT2D eigenvalue weighted by atomic mass is 16.3. The average molecular weight is 206 g/mol. The van der Waals surface area contributed by atoms with E-state index < -0.39 is 0 Å². The van der Waals surface area contributed by atoms with Crippen molar-refractivity contribution in [1.82, 2.24) is 9.88 Å². The summed E-state index contributed by atoms with van der Waals surface area (Å²) < 4.78 is 0. The van der Waals surface area contributed by atoms with Crippen molar-refractivity contribution in [3.63, 3.8) is 0 Å². The van der Waals surface area contributed by atoms with Crippen LogP contribution in [0.5, 0.6) is 0 Å². The third kappa shape index (κ3) is 1.56. The van der Waals surface area contributed by atoms with Crippen molar-refractivity contribution in [2.45, 2.75) is 24.8 Å². The van der Waals surface area contributed by atoms with E-state index >= 15 is 0 Å². The predicted molar refractivity (Wildman–Crippen MR) is 59.6 cm³/mol. The number of hydrogen-bond acceptors (Lipinski definition) is 3. The molecule has 82 valence electrons. The number of hydrogen-bond donors (Lipinski definition) is 1. The minimum atomic E-state index is -0.220. The second kappa shape index (κ2) is 3.91. The molecular formula is C12H18N2O. The van der Waals surface area contributed by atoms with E-state index in [4.69, 9.17) is 0 Å². The molecule has 1 aliphatic carbocycles. The van der Waals surface area contributed by atoms with Gasteiger partial charge in [0.1, 0.15) is 0 Å². The van der Waals surface area contributed by atoms with Crippen LogP contribution in [0.25, 0.3) is 0 Å². The number of rotatable bonds is 2. The number of aromatic nitrogens is 1. The highest BCUT2D eigenvalue weighted by Crippen LogP contribution is 2.37. The van der Waals surface area contributed by atoms with Gasteiger partial charge in [-0.3, -0.25) is 9.88 Å². The molecule has 3 heteroatoms. The van der Waals surface area contributed by atoms with Gasteiger partial charge < -0.3 is 5.11 Å². The molecule has 1 aromatic heterocycles. The van der Waals surface area contributed by atoms with Crippen LogP contribution < -0.4 is 0 Å². The summed E-state index contributed by atoms with van der Waals surface area (Å²) in [6.07, 6.45) is 4.98. The highest BCUT2D eigenvalue weighted by Gasteiger charge is 2.38. The smallest absolute Gasteiger partial charge is 0.0707 e. The van der Waals surface area contributed by atoms with Crippen LogP contribution in [-0.2, 0) is 12.0 Å². The zero-order valence-electron chi connectivity index (χ0n) is 9.40. The van der Waals surface area contributed by atoms with E-state index in [0.717, 1.165) is 25.0 Å². The van der Waals surface area contributed by atoms with Crippen LogP contribution in [0.15, 0.2) is 18.3 Å². The Kier molecular flexibility index (Phi) is 2.76. The van der Waals surface area contributed by atoms with Crippen LogP contribution in [0.2, 0.25) is 0 Å². The van der Waals surface area contributed by atoms with Crippen LogP contribution in [0.1, 0.15) is 24.1 Å². The number of fused-ring (bicyclic) bond motifs is 1. The van der Waals surface area contributed by atoms with Gasteiger partial charge in [-0.25, -0.2) is 0 Å². The van der Waals surface area contributed by atoms with Crippen LogP contribution in [0.3, 0.4) is 0 Å². The fraction of sp³-hybridized carbons (Fsp3) is 0.583. The maximum absolute atomic E-state index is 9.69. The summed E-state index contributed by atoms with van der Waals surface area (Å²) in [5.41, 5.74) is 2.12. The zero-order valence-corrected chi connectivity index (χ0v) is 9.40. The van der Waals surface area contributed by atoms with Gasteiger partial charge in [-0.1, -0.05) is 6.07 Å². The summed E-state index contributed by atoms with van der Waals surface area (Å²) in [7, 11) is 4.05. The lowest BCUT2D eigenvalue weighted by Gasteiger charge is -2.42. The average Bonchev–Trinajstić information content (AvgIpc) is 2.28. The number of aryl methyl sites for hydroxylation is 1. The Balaban J connectivity index is 2.52. The molecule has 0 aliphatic heterocycles. The molecule has 0 fully saturated rings. The van der Waals surface area contributed by atoms with Gasteiger partial charge in [-0.15, -0.1) is 0 Å². The maximum Gasteiger partial charge on any atom is 0.0707 e. The molecule has 0 amide bonds. The maximum atomic E-state index is 9.69. The van der Waals surface area contributed by atoms with Crippen LogP contribution in [0, 0.1) is 0 Å². The second-order valence-electron chi connectivity index (χ2n) is 4.44. The van der Waals surface area contributed by atoms with E-state index in [1.807, 2.05) is 26.4 Å². The minimum Gasteiger partial charge on any atom is -0.394 e. The molecule has 15 heavy (non-hydrogen) atoms. The first kappa shape index (κ1) is 10.6. The van der Waals surface area contributed by atoms with Crippen molar-refractivity contribution in [3.8, 4) is 0 Å². The summed E-state index contributed by atoms with van der Waals surface area (Å²) in [6, 6.07) is 4.05. The fourth-order valence-corrected chi connectivity index (χ4v) is 2.51. The molecule has 0 radical (unpaired) electrons. The van der Waals surface area contributed by atoms with Crippen molar-refractivity contribution in [3.05, 3.63) is 29.6 Å². The molecule has 0 saturated heterocycles. The van der Waals surface area contributed by atoms with Crippen molar-refractivity contribution in [2.24, 2.45) is 0 Å². The van der Waals surface area contributed by atoms with Gasteiger partial charge in [0.05, 0.1) is 12.1 Å². The Morgan fingerprint density at radius 2 is 2.33 bits per heavy atom. The van der Waals surface area contributed by atoms with E-state index in [1.54, 1.807) is 0 Å². The van der Waals surface area contributed by atoms with Crippen LogP contribution >= 0.6 is 0 Å². The highest BCUT2D eigenvalue weighted by molar-refractivity contribution is 5.31. The van der Waals surface area contributed by atoms with Crippen LogP contribution in [-0.4, -0.2) is 35.7 Å². The number of nitrogens with zero attached hydrogens (tertiary/aromatic N) is 2. The quantitative estimate of drug-likeness (QED) is 0.789. The Labute approximate surface area is 90.8 Å². The topological polar surface area (TPSA) is 36.4 Å². The van der Waals surface area contributed by atoms with Gasteiger partial charge in [0.2, 0.25) is 0 Å². The van der Waals surface area contributed by atoms with Gasteiger partial charge in [-0.2, -0.15) is 0 Å². The standard InChI is InChI=1S/C12H18N2O/c1-14(2)12(9-15)7-3-6-11-10(12)5-4-8-13-11/h4-5,8,15H,3,6-7,9H2,1-2H3. The van der Waals surface area contributed by atoms with E-state index in [2.05, 4.69) is 16.0 Å². The van der Waals surface area contributed by atoms with E-state index in [0.29, 0.717) is 0 Å². The molecule has 1 N–H and O–H groups in total. The Morgan fingerprint density at radius 1 is 1.53 bits per heavy atom. The molecule has 0 spiro atoms. The number of aliphatic hydroxyl groups is 1. The van der Waals surface area contributed by atoms with Gasteiger partial charge in [0.25, 0.3) is 0 Å². The number of likely N-dealkylation sites (N-methyl/N-ethyl adjacent to an activating group) is 1. The summed E-state index contributed by atoms with van der Waals surface area (Å²) in [6.45, 7) is 0.165. The number of pyridine rings is 1. The Hall–Kier alpha value is -0.930. The minimum absolute atomic E-state index is 0.165. The molecule has 1 unspecified atom stereocenters. The molecular weight excluding hydrogens is 188 g/mol.